The molecule has 0 saturated carbocycles. The van der Waals surface area contributed by atoms with E-state index < -0.39 is 0 Å². The number of hydrogen-bond acceptors (Lipinski definition) is 4. The Morgan fingerprint density at radius 3 is 2.85 bits per heavy atom. The highest BCUT2D eigenvalue weighted by atomic mass is 32.1. The standard InChI is InChI=1S/C15H23N3OS/c1-4-18(11-15(19)17-12(2)3)10-14-8-7-13(20-14)6-5-9-16/h7-8,12H,4,9-11,16H2,1-3H3,(H,17,19). The van der Waals surface area contributed by atoms with Crippen LogP contribution in [0.5, 0.6) is 0 Å². The molecule has 0 spiro atoms. The van der Waals surface area contributed by atoms with E-state index in [1.165, 1.54) is 4.88 Å². The zero-order valence-electron chi connectivity index (χ0n) is 12.4. The van der Waals surface area contributed by atoms with E-state index in [9.17, 15) is 4.79 Å². The zero-order valence-corrected chi connectivity index (χ0v) is 13.2. The van der Waals surface area contributed by atoms with Crippen LogP contribution in [0.25, 0.3) is 0 Å². The molecule has 1 rings (SSSR count). The number of carbonyl (C=O) groups is 1. The fourth-order valence-electron chi connectivity index (χ4n) is 1.74. The predicted octanol–water partition coefficient (Wildman–Crippen LogP) is 1.40. The van der Waals surface area contributed by atoms with Gasteiger partial charge >= 0.3 is 0 Å². The maximum absolute atomic E-state index is 11.8. The summed E-state index contributed by atoms with van der Waals surface area (Å²) >= 11 is 1.65. The third-order valence-corrected chi connectivity index (χ3v) is 3.60. The van der Waals surface area contributed by atoms with E-state index in [1.807, 2.05) is 19.9 Å². The quantitative estimate of drug-likeness (QED) is 0.780. The molecule has 0 aliphatic rings. The molecule has 4 nitrogen and oxygen atoms in total. The van der Waals surface area contributed by atoms with E-state index in [0.29, 0.717) is 13.1 Å². The summed E-state index contributed by atoms with van der Waals surface area (Å²) in [6.07, 6.45) is 0. The largest absolute Gasteiger partial charge is 0.353 e. The Labute approximate surface area is 125 Å². The lowest BCUT2D eigenvalue weighted by Gasteiger charge is -2.19. The zero-order chi connectivity index (χ0) is 15.0. The highest BCUT2D eigenvalue weighted by molar-refractivity contribution is 7.12. The van der Waals surface area contributed by atoms with E-state index in [2.05, 4.69) is 35.0 Å². The van der Waals surface area contributed by atoms with Gasteiger partial charge in [-0.05, 0) is 32.5 Å². The minimum Gasteiger partial charge on any atom is -0.353 e. The molecule has 20 heavy (non-hydrogen) atoms. The molecule has 1 aromatic heterocycles. The van der Waals surface area contributed by atoms with Gasteiger partial charge < -0.3 is 11.1 Å². The van der Waals surface area contributed by atoms with Crippen molar-refractivity contribution >= 4 is 17.2 Å². The van der Waals surface area contributed by atoms with Crippen molar-refractivity contribution in [2.24, 2.45) is 5.73 Å². The molecule has 0 aliphatic heterocycles. The van der Waals surface area contributed by atoms with Gasteiger partial charge in [0.15, 0.2) is 0 Å². The van der Waals surface area contributed by atoms with Crippen molar-refractivity contribution in [1.82, 2.24) is 10.2 Å². The van der Waals surface area contributed by atoms with E-state index in [-0.39, 0.29) is 11.9 Å². The van der Waals surface area contributed by atoms with Gasteiger partial charge in [-0.2, -0.15) is 0 Å². The fourth-order valence-corrected chi connectivity index (χ4v) is 2.66. The lowest BCUT2D eigenvalue weighted by molar-refractivity contribution is -0.122. The average Bonchev–Trinajstić information content (AvgIpc) is 2.82. The average molecular weight is 293 g/mol. The van der Waals surface area contributed by atoms with Crippen LogP contribution in [0.2, 0.25) is 0 Å². The summed E-state index contributed by atoms with van der Waals surface area (Å²) in [4.78, 5) is 16.1. The molecule has 0 radical (unpaired) electrons. The Kier molecular flexibility index (Phi) is 7.31. The first-order chi connectivity index (χ1) is 9.55. The van der Waals surface area contributed by atoms with Crippen molar-refractivity contribution in [3.8, 4) is 11.8 Å². The van der Waals surface area contributed by atoms with Crippen molar-refractivity contribution in [2.75, 3.05) is 19.6 Å². The summed E-state index contributed by atoms with van der Waals surface area (Å²) in [6, 6.07) is 4.25. The van der Waals surface area contributed by atoms with Crippen molar-refractivity contribution in [1.29, 1.82) is 0 Å². The number of nitrogens with zero attached hydrogens (tertiary/aromatic N) is 1. The number of amides is 1. The molecule has 1 aromatic rings. The minimum atomic E-state index is 0.0709. The first-order valence-corrected chi connectivity index (χ1v) is 7.66. The molecule has 5 heteroatoms. The molecule has 0 aromatic carbocycles. The summed E-state index contributed by atoms with van der Waals surface area (Å²) in [5.74, 6) is 5.95. The number of carbonyl (C=O) groups excluding carboxylic acids is 1. The fraction of sp³-hybridized carbons (Fsp3) is 0.533. The van der Waals surface area contributed by atoms with Gasteiger partial charge in [-0.1, -0.05) is 18.8 Å². The first kappa shape index (κ1) is 16.7. The number of hydrogen-bond donors (Lipinski definition) is 2. The normalized spacial score (nSPS) is 10.5. The first-order valence-electron chi connectivity index (χ1n) is 6.84. The van der Waals surface area contributed by atoms with Crippen molar-refractivity contribution in [2.45, 2.75) is 33.4 Å². The van der Waals surface area contributed by atoms with Gasteiger partial charge in [0.1, 0.15) is 0 Å². The van der Waals surface area contributed by atoms with Crippen molar-refractivity contribution in [3.05, 3.63) is 21.9 Å². The predicted molar refractivity (Wildman–Crippen MR) is 84.5 cm³/mol. The van der Waals surface area contributed by atoms with Crippen LogP contribution in [0.1, 0.15) is 30.5 Å². The number of rotatable bonds is 6. The molecule has 1 heterocycles. The maximum Gasteiger partial charge on any atom is 0.234 e. The second-order valence-corrected chi connectivity index (χ2v) is 5.97. The molecular formula is C15H23N3OS. The topological polar surface area (TPSA) is 58.4 Å². The van der Waals surface area contributed by atoms with Crippen LogP contribution < -0.4 is 11.1 Å². The Hall–Kier alpha value is -1.35. The van der Waals surface area contributed by atoms with Gasteiger partial charge in [0.05, 0.1) is 18.0 Å². The van der Waals surface area contributed by atoms with E-state index in [0.717, 1.165) is 18.0 Å². The van der Waals surface area contributed by atoms with Gasteiger partial charge in [-0.15, -0.1) is 11.3 Å². The van der Waals surface area contributed by atoms with E-state index in [1.54, 1.807) is 11.3 Å². The van der Waals surface area contributed by atoms with E-state index >= 15 is 0 Å². The highest BCUT2D eigenvalue weighted by Crippen LogP contribution is 2.17. The maximum atomic E-state index is 11.8. The summed E-state index contributed by atoms with van der Waals surface area (Å²) in [7, 11) is 0. The number of thiophene rings is 1. The minimum absolute atomic E-state index is 0.0709. The van der Waals surface area contributed by atoms with Crippen LogP contribution in [0.4, 0.5) is 0 Å². The summed E-state index contributed by atoms with van der Waals surface area (Å²) in [5, 5.41) is 2.91. The van der Waals surface area contributed by atoms with Gasteiger partial charge in [0.2, 0.25) is 5.91 Å². The Balaban J connectivity index is 2.55. The Morgan fingerprint density at radius 2 is 2.25 bits per heavy atom. The van der Waals surface area contributed by atoms with E-state index in [4.69, 9.17) is 5.73 Å². The SMILES string of the molecule is CCN(CC(=O)NC(C)C)Cc1ccc(C#CCN)s1. The lowest BCUT2D eigenvalue weighted by Crippen LogP contribution is -2.39. The number of nitrogens with two attached hydrogens (primary N) is 1. The van der Waals surface area contributed by atoms with Crippen LogP contribution >= 0.6 is 11.3 Å². The van der Waals surface area contributed by atoms with Crippen LogP contribution in [0.3, 0.4) is 0 Å². The summed E-state index contributed by atoms with van der Waals surface area (Å²) in [5.41, 5.74) is 5.36. The molecule has 0 bridgehead atoms. The van der Waals surface area contributed by atoms with Crippen LogP contribution in [-0.2, 0) is 11.3 Å². The smallest absolute Gasteiger partial charge is 0.234 e. The molecule has 1 amide bonds. The van der Waals surface area contributed by atoms with Gasteiger partial charge in [0.25, 0.3) is 0 Å². The lowest BCUT2D eigenvalue weighted by atomic mass is 10.3. The molecular weight excluding hydrogens is 270 g/mol. The van der Waals surface area contributed by atoms with Gasteiger partial charge in [0, 0.05) is 17.5 Å². The summed E-state index contributed by atoms with van der Waals surface area (Å²) in [6.45, 7) is 8.42. The molecule has 0 saturated heterocycles. The third-order valence-electron chi connectivity index (χ3n) is 2.62. The monoisotopic (exact) mass is 293 g/mol. The van der Waals surface area contributed by atoms with Crippen LogP contribution in [0, 0.1) is 11.8 Å². The molecule has 0 fully saturated rings. The molecule has 0 aliphatic carbocycles. The summed E-state index contributed by atoms with van der Waals surface area (Å²) < 4.78 is 0. The van der Waals surface area contributed by atoms with Crippen LogP contribution in [-0.4, -0.2) is 36.5 Å². The molecule has 0 unspecified atom stereocenters. The molecule has 3 N–H and O–H groups in total. The molecule has 110 valence electrons. The van der Waals surface area contributed by atoms with Gasteiger partial charge in [-0.3, -0.25) is 9.69 Å². The van der Waals surface area contributed by atoms with Gasteiger partial charge in [-0.25, -0.2) is 0 Å². The Bertz CT molecular complexity index is 485. The Morgan fingerprint density at radius 1 is 1.50 bits per heavy atom. The highest BCUT2D eigenvalue weighted by Gasteiger charge is 2.11. The second-order valence-electron chi connectivity index (χ2n) is 4.80. The molecule has 0 atom stereocenters. The number of likely N-dealkylation sites (N-methyl/N-ethyl adjacent to an activating group) is 1. The van der Waals surface area contributed by atoms with Crippen molar-refractivity contribution in [3.63, 3.8) is 0 Å². The second kappa shape index (κ2) is 8.75. The van der Waals surface area contributed by atoms with Crippen molar-refractivity contribution < 1.29 is 4.79 Å². The number of nitrogens with one attached hydrogen (secondary N) is 1. The third kappa shape index (κ3) is 6.20. The van der Waals surface area contributed by atoms with Crippen LogP contribution in [0.15, 0.2) is 12.1 Å².